The van der Waals surface area contributed by atoms with Crippen molar-refractivity contribution in [3.8, 4) is 11.5 Å². The summed E-state index contributed by atoms with van der Waals surface area (Å²) < 4.78 is 15.4. The van der Waals surface area contributed by atoms with Crippen LogP contribution in [-0.2, 0) is 20.1 Å². The Morgan fingerprint density at radius 3 is 2.46 bits per heavy atom. The third kappa shape index (κ3) is 6.37. The number of rotatable bonds is 9. The van der Waals surface area contributed by atoms with E-state index in [0.717, 1.165) is 60.6 Å². The number of aliphatic hydroxyl groups is 1. The van der Waals surface area contributed by atoms with Crippen molar-refractivity contribution < 1.29 is 14.6 Å². The molecule has 206 valence electrons. The van der Waals surface area contributed by atoms with Crippen LogP contribution in [0, 0.1) is 13.8 Å². The van der Waals surface area contributed by atoms with Crippen LogP contribution in [0.15, 0.2) is 71.5 Å². The second-order valence-electron chi connectivity index (χ2n) is 10.9. The molecule has 7 nitrogen and oxygen atoms in total. The quantitative estimate of drug-likeness (QED) is 0.336. The van der Waals surface area contributed by atoms with Crippen molar-refractivity contribution in [1.82, 2.24) is 14.0 Å². The first-order valence-electron chi connectivity index (χ1n) is 13.8. The molecule has 0 radical (unpaired) electrons. The molecular weight excluding hydrogens is 490 g/mol. The molecule has 4 aromatic rings. The fourth-order valence-corrected chi connectivity index (χ4v) is 5.49. The zero-order chi connectivity index (χ0) is 27.4. The predicted octanol–water partition coefficient (Wildman–Crippen LogP) is 4.83. The number of aryl methyl sites for hydroxylation is 3. The Morgan fingerprint density at radius 2 is 1.69 bits per heavy atom. The number of imidazole rings is 1. The number of hydrogen-bond acceptors (Lipinski definition) is 5. The molecule has 1 unspecified atom stereocenters. The van der Waals surface area contributed by atoms with Gasteiger partial charge in [0.05, 0.1) is 23.2 Å². The molecule has 0 saturated carbocycles. The largest absolute Gasteiger partial charge is 0.492 e. The van der Waals surface area contributed by atoms with Crippen molar-refractivity contribution >= 4 is 11.0 Å². The summed E-state index contributed by atoms with van der Waals surface area (Å²) in [4.78, 5) is 15.0. The highest BCUT2D eigenvalue weighted by Gasteiger charge is 2.31. The fraction of sp³-hybridized carbons (Fsp3) is 0.406. The van der Waals surface area contributed by atoms with Gasteiger partial charge < -0.3 is 14.6 Å². The van der Waals surface area contributed by atoms with E-state index in [4.69, 9.17) is 9.47 Å². The van der Waals surface area contributed by atoms with Gasteiger partial charge in [0.1, 0.15) is 24.7 Å². The van der Waals surface area contributed by atoms with Gasteiger partial charge >= 0.3 is 5.69 Å². The van der Waals surface area contributed by atoms with E-state index in [-0.39, 0.29) is 5.69 Å². The summed E-state index contributed by atoms with van der Waals surface area (Å²) in [6.45, 7) is 7.95. The summed E-state index contributed by atoms with van der Waals surface area (Å²) in [7, 11) is 1.80. The summed E-state index contributed by atoms with van der Waals surface area (Å²) in [6, 6.07) is 22.1. The molecular formula is C32H39N3O4. The minimum atomic E-state index is -0.810. The van der Waals surface area contributed by atoms with Crippen LogP contribution in [0.25, 0.3) is 11.0 Å². The Balaban J connectivity index is 1.10. The number of aromatic nitrogens is 2. The lowest BCUT2D eigenvalue weighted by molar-refractivity contribution is -0.0170. The molecule has 1 N–H and O–H groups in total. The Hall–Kier alpha value is -3.55. The molecule has 1 atom stereocenters. The summed E-state index contributed by atoms with van der Waals surface area (Å²) in [6.07, 6.45) is 2.36. The van der Waals surface area contributed by atoms with Crippen molar-refractivity contribution in [2.45, 2.75) is 51.8 Å². The molecule has 1 aliphatic heterocycles. The normalized spacial score (nSPS) is 18.3. The van der Waals surface area contributed by atoms with Gasteiger partial charge in [-0.05, 0) is 81.1 Å². The van der Waals surface area contributed by atoms with Gasteiger partial charge in [-0.15, -0.1) is 0 Å². The average molecular weight is 530 g/mol. The lowest BCUT2D eigenvalue weighted by Gasteiger charge is -2.27. The first-order valence-corrected chi connectivity index (χ1v) is 13.8. The highest BCUT2D eigenvalue weighted by atomic mass is 16.5. The number of para-hydroxylation sites is 2. The minimum Gasteiger partial charge on any atom is -0.492 e. The van der Waals surface area contributed by atoms with Crippen molar-refractivity contribution in [1.29, 1.82) is 0 Å². The number of fused-ring (bicyclic) bond motifs is 1. The van der Waals surface area contributed by atoms with Crippen LogP contribution in [0.2, 0.25) is 0 Å². The molecule has 39 heavy (non-hydrogen) atoms. The van der Waals surface area contributed by atoms with Crippen molar-refractivity contribution in [2.75, 3.05) is 26.3 Å². The first kappa shape index (κ1) is 27.0. The van der Waals surface area contributed by atoms with Crippen LogP contribution in [0.4, 0.5) is 0 Å². The lowest BCUT2D eigenvalue weighted by Crippen LogP contribution is -2.37. The maximum Gasteiger partial charge on any atom is 0.328 e. The van der Waals surface area contributed by atoms with E-state index in [1.165, 1.54) is 11.1 Å². The fourth-order valence-electron chi connectivity index (χ4n) is 5.49. The van der Waals surface area contributed by atoms with E-state index in [1.807, 2.05) is 55.5 Å². The van der Waals surface area contributed by atoms with Gasteiger partial charge in [0.25, 0.3) is 0 Å². The first-order chi connectivity index (χ1) is 18.8. The van der Waals surface area contributed by atoms with Crippen LogP contribution in [0.3, 0.4) is 0 Å². The Bertz CT molecular complexity index is 1470. The Morgan fingerprint density at radius 1 is 0.923 bits per heavy atom. The molecule has 2 heterocycles. The van der Waals surface area contributed by atoms with E-state index in [2.05, 4.69) is 30.0 Å². The molecule has 1 aliphatic rings. The van der Waals surface area contributed by atoms with Gasteiger partial charge in [-0.2, -0.15) is 0 Å². The molecule has 1 saturated heterocycles. The summed E-state index contributed by atoms with van der Waals surface area (Å²) in [5.41, 5.74) is 4.53. The summed E-state index contributed by atoms with van der Waals surface area (Å²) >= 11 is 0. The van der Waals surface area contributed by atoms with Crippen molar-refractivity contribution in [3.05, 3.63) is 93.9 Å². The molecule has 5 rings (SSSR count). The smallest absolute Gasteiger partial charge is 0.328 e. The van der Waals surface area contributed by atoms with Gasteiger partial charge in [-0.1, -0.05) is 42.0 Å². The lowest BCUT2D eigenvalue weighted by atomic mass is 9.96. The number of ether oxygens (including phenoxy) is 2. The number of benzene rings is 3. The van der Waals surface area contributed by atoms with Gasteiger partial charge in [0.2, 0.25) is 0 Å². The molecule has 0 bridgehead atoms. The van der Waals surface area contributed by atoms with Gasteiger partial charge in [-0.3, -0.25) is 14.0 Å². The van der Waals surface area contributed by atoms with E-state index in [9.17, 15) is 9.90 Å². The van der Waals surface area contributed by atoms with E-state index in [1.54, 1.807) is 16.2 Å². The summed E-state index contributed by atoms with van der Waals surface area (Å²) in [5.74, 6) is 1.64. The zero-order valence-corrected chi connectivity index (χ0v) is 23.2. The molecule has 0 aliphatic carbocycles. The monoisotopic (exact) mass is 529 g/mol. The van der Waals surface area contributed by atoms with E-state index < -0.39 is 5.60 Å². The Labute approximate surface area is 230 Å². The van der Waals surface area contributed by atoms with Gasteiger partial charge in [0, 0.05) is 20.1 Å². The van der Waals surface area contributed by atoms with Crippen LogP contribution in [0.5, 0.6) is 11.5 Å². The SMILES string of the molecule is Cc1ccc(OCC2(O)CCCN(Cc3ccc(OCCn4c(=O)n(C)c5ccccc54)cc3)CC2)c(C)c1. The van der Waals surface area contributed by atoms with Crippen LogP contribution < -0.4 is 15.2 Å². The predicted molar refractivity (Wildman–Crippen MR) is 155 cm³/mol. The maximum atomic E-state index is 12.6. The van der Waals surface area contributed by atoms with Gasteiger partial charge in [0.15, 0.2) is 0 Å². The average Bonchev–Trinajstić information content (AvgIpc) is 3.04. The topological polar surface area (TPSA) is 68.9 Å². The van der Waals surface area contributed by atoms with Crippen LogP contribution in [-0.4, -0.2) is 51.0 Å². The molecule has 1 fully saturated rings. The second kappa shape index (κ2) is 11.7. The highest BCUT2D eigenvalue weighted by molar-refractivity contribution is 5.75. The standard InChI is InChI=1S/C32H39N3O4/c1-24-9-14-30(25(2)21-24)39-23-32(37)15-6-17-34(18-16-32)22-26-10-12-27(13-11-26)38-20-19-35-29-8-5-4-7-28(29)33(3)31(35)36/h4-5,7-14,21,37H,6,15-20,22-23H2,1-3H3. The minimum absolute atomic E-state index is 0.0312. The number of hydrogen-bond donors (Lipinski definition) is 1. The van der Waals surface area contributed by atoms with Crippen molar-refractivity contribution in [2.24, 2.45) is 7.05 Å². The zero-order valence-electron chi connectivity index (χ0n) is 23.2. The highest BCUT2D eigenvalue weighted by Crippen LogP contribution is 2.27. The maximum absolute atomic E-state index is 12.6. The molecule has 0 spiro atoms. The summed E-state index contributed by atoms with van der Waals surface area (Å²) in [5, 5.41) is 11.2. The van der Waals surface area contributed by atoms with Gasteiger partial charge in [-0.25, -0.2) is 4.79 Å². The van der Waals surface area contributed by atoms with Crippen LogP contribution >= 0.6 is 0 Å². The van der Waals surface area contributed by atoms with E-state index >= 15 is 0 Å². The number of nitrogens with zero attached hydrogens (tertiary/aromatic N) is 3. The molecule has 3 aromatic carbocycles. The second-order valence-corrected chi connectivity index (χ2v) is 10.9. The molecule has 1 aromatic heterocycles. The van der Waals surface area contributed by atoms with Crippen molar-refractivity contribution in [3.63, 3.8) is 0 Å². The number of likely N-dealkylation sites (tertiary alicyclic amines) is 1. The van der Waals surface area contributed by atoms with Crippen LogP contribution in [0.1, 0.15) is 36.0 Å². The third-order valence-corrected chi connectivity index (χ3v) is 7.80. The molecule has 0 amide bonds. The van der Waals surface area contributed by atoms with E-state index in [0.29, 0.717) is 26.2 Å². The molecule has 7 heteroatoms. The Kier molecular flexibility index (Phi) is 8.10. The third-order valence-electron chi connectivity index (χ3n) is 7.80.